The Hall–Kier alpha value is -2.94. The van der Waals surface area contributed by atoms with Crippen LogP contribution < -0.4 is 5.76 Å². The molecule has 0 bridgehead atoms. The second-order valence-electron chi connectivity index (χ2n) is 6.12. The van der Waals surface area contributed by atoms with Crippen LogP contribution in [0.15, 0.2) is 44.9 Å². The largest absolute Gasteiger partial charge is 0.420 e. The number of likely N-dealkylation sites (tertiary alicyclic amines) is 1. The third-order valence-electron chi connectivity index (χ3n) is 4.60. The predicted molar refractivity (Wildman–Crippen MR) is 95.1 cm³/mol. The minimum atomic E-state index is -0.694. The summed E-state index contributed by atoms with van der Waals surface area (Å²) in [5.74, 6) is -0.891. The van der Waals surface area contributed by atoms with Crippen LogP contribution in [-0.4, -0.2) is 26.8 Å². The number of fused-ring (bicyclic) bond motifs is 1. The van der Waals surface area contributed by atoms with Crippen LogP contribution in [-0.2, 0) is 11.3 Å². The highest BCUT2D eigenvalue weighted by Crippen LogP contribution is 2.34. The van der Waals surface area contributed by atoms with Crippen molar-refractivity contribution in [3.63, 3.8) is 0 Å². The van der Waals surface area contributed by atoms with Crippen LogP contribution in [0.5, 0.6) is 0 Å². The standard InChI is InChI=1S/C17H15N3O5S/c21-16(18-7-1-3-12(18)15-4-2-8-26-15)10-19-13-9-11(20(23)24)5-6-14(13)25-17(19)22/h2,4-6,8-9,12H,1,3,7,10H2/t12-/m0/s1. The van der Waals surface area contributed by atoms with Crippen molar-refractivity contribution < 1.29 is 14.1 Å². The number of oxazole rings is 1. The summed E-state index contributed by atoms with van der Waals surface area (Å²) in [4.78, 5) is 38.3. The molecule has 2 aromatic heterocycles. The molecule has 0 saturated carbocycles. The molecule has 8 nitrogen and oxygen atoms in total. The number of nitro benzene ring substituents is 1. The van der Waals surface area contributed by atoms with E-state index in [9.17, 15) is 19.7 Å². The number of thiophene rings is 1. The summed E-state index contributed by atoms with van der Waals surface area (Å²) in [6.07, 6.45) is 1.79. The molecule has 1 aliphatic rings. The Morgan fingerprint density at radius 2 is 2.23 bits per heavy atom. The Bertz CT molecular complexity index is 1040. The lowest BCUT2D eigenvalue weighted by Crippen LogP contribution is -2.35. The maximum absolute atomic E-state index is 12.8. The van der Waals surface area contributed by atoms with Gasteiger partial charge in [-0.2, -0.15) is 0 Å². The van der Waals surface area contributed by atoms with Crippen molar-refractivity contribution in [2.24, 2.45) is 0 Å². The summed E-state index contributed by atoms with van der Waals surface area (Å²) < 4.78 is 6.27. The number of nitrogens with zero attached hydrogens (tertiary/aromatic N) is 3. The van der Waals surface area contributed by atoms with Crippen molar-refractivity contribution in [2.45, 2.75) is 25.4 Å². The molecule has 3 heterocycles. The number of carbonyl (C=O) groups is 1. The number of carbonyl (C=O) groups excluding carboxylic acids is 1. The summed E-state index contributed by atoms with van der Waals surface area (Å²) in [5.41, 5.74) is 0.325. The molecule has 1 aromatic carbocycles. The first-order chi connectivity index (χ1) is 12.5. The molecule has 1 aliphatic heterocycles. The van der Waals surface area contributed by atoms with E-state index in [1.54, 1.807) is 16.2 Å². The Balaban J connectivity index is 1.65. The molecule has 0 aliphatic carbocycles. The smallest absolute Gasteiger partial charge is 0.408 e. The molecule has 0 radical (unpaired) electrons. The molecule has 26 heavy (non-hydrogen) atoms. The fourth-order valence-corrected chi connectivity index (χ4v) is 4.26. The zero-order chi connectivity index (χ0) is 18.3. The van der Waals surface area contributed by atoms with Gasteiger partial charge in [-0.25, -0.2) is 4.79 Å². The lowest BCUT2D eigenvalue weighted by atomic mass is 10.2. The third-order valence-corrected chi connectivity index (χ3v) is 5.57. The zero-order valence-corrected chi connectivity index (χ0v) is 14.5. The van der Waals surface area contributed by atoms with Crippen molar-refractivity contribution in [3.8, 4) is 0 Å². The van der Waals surface area contributed by atoms with Gasteiger partial charge >= 0.3 is 5.76 Å². The number of hydrogen-bond acceptors (Lipinski definition) is 6. The highest BCUT2D eigenvalue weighted by molar-refractivity contribution is 7.10. The number of aromatic nitrogens is 1. The number of nitro groups is 1. The first-order valence-corrected chi connectivity index (χ1v) is 9.03. The van der Waals surface area contributed by atoms with Gasteiger partial charge in [0, 0.05) is 23.6 Å². The number of benzene rings is 1. The normalized spacial score (nSPS) is 17.1. The van der Waals surface area contributed by atoms with Crippen LogP contribution >= 0.6 is 11.3 Å². The summed E-state index contributed by atoms with van der Waals surface area (Å²) >= 11 is 1.60. The van der Waals surface area contributed by atoms with E-state index in [0.29, 0.717) is 6.54 Å². The molecular weight excluding hydrogens is 358 g/mol. The fourth-order valence-electron chi connectivity index (χ4n) is 3.38. The van der Waals surface area contributed by atoms with Gasteiger partial charge in [-0.1, -0.05) is 6.07 Å². The summed E-state index contributed by atoms with van der Waals surface area (Å²) in [5, 5.41) is 13.0. The molecule has 3 aromatic rings. The van der Waals surface area contributed by atoms with Crippen molar-refractivity contribution in [3.05, 3.63) is 61.3 Å². The van der Waals surface area contributed by atoms with E-state index in [4.69, 9.17) is 4.42 Å². The van der Waals surface area contributed by atoms with Gasteiger partial charge in [0.25, 0.3) is 5.69 Å². The number of amides is 1. The van der Waals surface area contributed by atoms with Crippen molar-refractivity contribution in [1.82, 2.24) is 9.47 Å². The quantitative estimate of drug-likeness (QED) is 0.517. The summed E-state index contributed by atoms with van der Waals surface area (Å²) in [7, 11) is 0. The van der Waals surface area contributed by atoms with Gasteiger partial charge < -0.3 is 9.32 Å². The lowest BCUT2D eigenvalue weighted by Gasteiger charge is -2.24. The SMILES string of the molecule is O=C(Cn1c(=O)oc2ccc([N+](=O)[O-])cc21)N1CCC[C@H]1c1cccs1. The van der Waals surface area contributed by atoms with Gasteiger partial charge in [-0.05, 0) is 30.4 Å². The minimum absolute atomic E-state index is 0.0192. The molecular formula is C17H15N3O5S. The monoisotopic (exact) mass is 373 g/mol. The summed E-state index contributed by atoms with van der Waals surface area (Å²) in [6.45, 7) is 0.432. The molecule has 0 spiro atoms. The van der Waals surface area contributed by atoms with Crippen LogP contribution in [0.3, 0.4) is 0 Å². The third kappa shape index (κ3) is 2.80. The Labute approximate surface area is 151 Å². The van der Waals surface area contributed by atoms with Crippen molar-refractivity contribution >= 4 is 34.0 Å². The number of hydrogen-bond donors (Lipinski definition) is 0. The van der Waals surface area contributed by atoms with Crippen LogP contribution in [0.4, 0.5) is 5.69 Å². The highest BCUT2D eigenvalue weighted by Gasteiger charge is 2.31. The van der Waals surface area contributed by atoms with Crippen molar-refractivity contribution in [1.29, 1.82) is 0 Å². The Kier molecular flexibility index (Phi) is 4.08. The van der Waals surface area contributed by atoms with E-state index in [1.807, 2.05) is 17.5 Å². The second-order valence-corrected chi connectivity index (χ2v) is 7.10. The summed E-state index contributed by atoms with van der Waals surface area (Å²) in [6, 6.07) is 7.88. The van der Waals surface area contributed by atoms with E-state index in [0.717, 1.165) is 22.3 Å². The van der Waals surface area contributed by atoms with E-state index in [2.05, 4.69) is 0 Å². The predicted octanol–water partition coefficient (Wildman–Crippen LogP) is 2.93. The zero-order valence-electron chi connectivity index (χ0n) is 13.7. The van der Waals surface area contributed by atoms with Crippen LogP contribution in [0.1, 0.15) is 23.8 Å². The second kappa shape index (κ2) is 6.41. The molecule has 1 atom stereocenters. The highest BCUT2D eigenvalue weighted by atomic mass is 32.1. The molecule has 1 saturated heterocycles. The van der Waals surface area contributed by atoms with Crippen LogP contribution in [0, 0.1) is 10.1 Å². The van der Waals surface area contributed by atoms with Crippen molar-refractivity contribution in [2.75, 3.05) is 6.54 Å². The average Bonchev–Trinajstić information content (AvgIpc) is 3.34. The fraction of sp³-hybridized carbons (Fsp3) is 0.294. The molecule has 0 N–H and O–H groups in total. The van der Waals surface area contributed by atoms with Gasteiger partial charge in [0.1, 0.15) is 6.54 Å². The first kappa shape index (κ1) is 16.5. The Morgan fingerprint density at radius 3 is 2.96 bits per heavy atom. The number of non-ortho nitro benzene ring substituents is 1. The van der Waals surface area contributed by atoms with Gasteiger partial charge in [-0.15, -0.1) is 11.3 Å². The lowest BCUT2D eigenvalue weighted by molar-refractivity contribution is -0.384. The van der Waals surface area contributed by atoms with Gasteiger partial charge in [0.15, 0.2) is 5.58 Å². The van der Waals surface area contributed by atoms with Crippen LogP contribution in [0.25, 0.3) is 11.1 Å². The van der Waals surface area contributed by atoms with Gasteiger partial charge in [0.05, 0.1) is 16.5 Å². The van der Waals surface area contributed by atoms with Crippen LogP contribution in [0.2, 0.25) is 0 Å². The molecule has 1 amide bonds. The average molecular weight is 373 g/mol. The van der Waals surface area contributed by atoms with E-state index in [-0.39, 0.29) is 35.3 Å². The molecule has 134 valence electrons. The maximum Gasteiger partial charge on any atom is 0.420 e. The van der Waals surface area contributed by atoms with Gasteiger partial charge in [-0.3, -0.25) is 19.5 Å². The van der Waals surface area contributed by atoms with Gasteiger partial charge in [0.2, 0.25) is 5.91 Å². The van der Waals surface area contributed by atoms with E-state index >= 15 is 0 Å². The molecule has 9 heteroatoms. The molecule has 1 fully saturated rings. The Morgan fingerprint density at radius 1 is 1.38 bits per heavy atom. The van der Waals surface area contributed by atoms with E-state index < -0.39 is 10.7 Å². The minimum Gasteiger partial charge on any atom is -0.408 e. The first-order valence-electron chi connectivity index (χ1n) is 8.15. The molecule has 0 unspecified atom stereocenters. The topological polar surface area (TPSA) is 98.6 Å². The molecule has 4 rings (SSSR count). The number of rotatable bonds is 4. The maximum atomic E-state index is 12.8. The van der Waals surface area contributed by atoms with E-state index in [1.165, 1.54) is 18.2 Å².